The van der Waals surface area contributed by atoms with Crippen LogP contribution in [0.3, 0.4) is 0 Å². The van der Waals surface area contributed by atoms with E-state index in [-0.39, 0.29) is 0 Å². The highest BCUT2D eigenvalue weighted by atomic mass is 32.2. The summed E-state index contributed by atoms with van der Waals surface area (Å²) in [6.07, 6.45) is -2.34. The van der Waals surface area contributed by atoms with Gasteiger partial charge in [-0.1, -0.05) is 30.3 Å². The number of hydrogen-bond donors (Lipinski definition) is 0. The quantitative estimate of drug-likeness (QED) is 0.469. The van der Waals surface area contributed by atoms with Gasteiger partial charge in [0.25, 0.3) is 0 Å². The van der Waals surface area contributed by atoms with Crippen LogP contribution in [0, 0.1) is 0 Å². The van der Waals surface area contributed by atoms with Crippen molar-refractivity contribution in [2.75, 3.05) is 6.26 Å². The van der Waals surface area contributed by atoms with Gasteiger partial charge >= 0.3 is 6.18 Å². The van der Waals surface area contributed by atoms with Crippen molar-refractivity contribution in [3.05, 3.63) is 78.4 Å². The Bertz CT molecular complexity index is 840. The van der Waals surface area contributed by atoms with E-state index >= 15 is 0 Å². The van der Waals surface area contributed by atoms with Gasteiger partial charge in [-0.3, -0.25) is 0 Å². The minimum absolute atomic E-state index is 0.362. The maximum absolute atomic E-state index is 12.7. The zero-order valence-corrected chi connectivity index (χ0v) is 14.2. The molecule has 1 nitrogen and oxygen atoms in total. The second kappa shape index (κ2) is 7.23. The lowest BCUT2D eigenvalue weighted by molar-refractivity contribution is -0.137. The third kappa shape index (κ3) is 4.17. The summed E-state index contributed by atoms with van der Waals surface area (Å²) in [5.74, 6) is 0.959. The summed E-state index contributed by atoms with van der Waals surface area (Å²) in [5, 5.41) is 0. The van der Waals surface area contributed by atoms with Gasteiger partial charge < -0.3 is 4.74 Å². The molecule has 0 unspecified atom stereocenters. The van der Waals surface area contributed by atoms with Gasteiger partial charge in [-0.05, 0) is 54.3 Å². The molecule has 0 aromatic heterocycles. The van der Waals surface area contributed by atoms with Gasteiger partial charge in [0.1, 0.15) is 11.5 Å². The maximum Gasteiger partial charge on any atom is 0.416 e. The lowest BCUT2D eigenvalue weighted by Crippen LogP contribution is -2.04. The fourth-order valence-electron chi connectivity index (χ4n) is 2.40. The van der Waals surface area contributed by atoms with Crippen molar-refractivity contribution >= 4 is 11.8 Å². The molecule has 0 radical (unpaired) electrons. The van der Waals surface area contributed by atoms with E-state index in [0.29, 0.717) is 11.5 Å². The number of hydrogen-bond acceptors (Lipinski definition) is 2. The molecule has 0 saturated carbocycles. The number of alkyl halides is 3. The molecular weight excluding hydrogens is 345 g/mol. The number of benzene rings is 3. The first kappa shape index (κ1) is 17.4. The smallest absolute Gasteiger partial charge is 0.416 e. The lowest BCUT2D eigenvalue weighted by atomic mass is 10.0. The zero-order chi connectivity index (χ0) is 17.9. The molecule has 128 valence electrons. The van der Waals surface area contributed by atoms with Gasteiger partial charge in [0.2, 0.25) is 0 Å². The highest BCUT2D eigenvalue weighted by molar-refractivity contribution is 7.98. The summed E-state index contributed by atoms with van der Waals surface area (Å²) in [6, 6.07) is 20.2. The van der Waals surface area contributed by atoms with Crippen molar-refractivity contribution in [2.24, 2.45) is 0 Å². The van der Waals surface area contributed by atoms with Crippen LogP contribution in [0.15, 0.2) is 77.7 Å². The molecular formula is C20H15F3OS. The average molecular weight is 360 g/mol. The molecule has 0 bridgehead atoms. The van der Waals surface area contributed by atoms with Gasteiger partial charge in [0.05, 0.1) is 5.56 Å². The van der Waals surface area contributed by atoms with Crippen LogP contribution in [0.1, 0.15) is 5.56 Å². The van der Waals surface area contributed by atoms with E-state index in [0.717, 1.165) is 28.2 Å². The Labute approximate surface area is 148 Å². The fourth-order valence-corrected chi connectivity index (χ4v) is 2.81. The maximum atomic E-state index is 12.7. The highest BCUT2D eigenvalue weighted by Gasteiger charge is 2.30. The Balaban J connectivity index is 1.88. The monoisotopic (exact) mass is 360 g/mol. The third-order valence-corrected chi connectivity index (χ3v) is 4.44. The molecule has 0 amide bonds. The molecule has 0 saturated heterocycles. The van der Waals surface area contributed by atoms with E-state index in [1.54, 1.807) is 17.8 Å². The van der Waals surface area contributed by atoms with Gasteiger partial charge in [0.15, 0.2) is 0 Å². The molecule has 0 fully saturated rings. The van der Waals surface area contributed by atoms with Gasteiger partial charge in [-0.2, -0.15) is 13.2 Å². The molecule has 0 aliphatic heterocycles. The molecule has 0 spiro atoms. The number of ether oxygens (including phenoxy) is 1. The summed E-state index contributed by atoms with van der Waals surface area (Å²) in [5.41, 5.74) is 1.18. The van der Waals surface area contributed by atoms with E-state index < -0.39 is 11.7 Å². The molecule has 0 atom stereocenters. The van der Waals surface area contributed by atoms with Crippen LogP contribution < -0.4 is 4.74 Å². The van der Waals surface area contributed by atoms with Crippen LogP contribution in [0.25, 0.3) is 11.1 Å². The van der Waals surface area contributed by atoms with Crippen molar-refractivity contribution in [1.82, 2.24) is 0 Å². The second-order valence-electron chi connectivity index (χ2n) is 5.35. The van der Waals surface area contributed by atoms with Crippen LogP contribution >= 0.6 is 11.8 Å². The van der Waals surface area contributed by atoms with Crippen LogP contribution in [0.4, 0.5) is 13.2 Å². The van der Waals surface area contributed by atoms with E-state index in [9.17, 15) is 13.2 Å². The van der Waals surface area contributed by atoms with Crippen molar-refractivity contribution in [3.63, 3.8) is 0 Å². The molecule has 3 rings (SSSR count). The Hall–Kier alpha value is -2.40. The van der Waals surface area contributed by atoms with Gasteiger partial charge in [-0.15, -0.1) is 11.8 Å². The first-order valence-corrected chi connectivity index (χ1v) is 8.78. The normalized spacial score (nSPS) is 11.4. The molecule has 0 heterocycles. The molecule has 0 N–H and O–H groups in total. The third-order valence-electron chi connectivity index (χ3n) is 3.70. The molecule has 0 aliphatic rings. The summed E-state index contributed by atoms with van der Waals surface area (Å²) < 4.78 is 43.8. The number of para-hydroxylation sites is 1. The first-order chi connectivity index (χ1) is 12.0. The topological polar surface area (TPSA) is 9.23 Å². The van der Waals surface area contributed by atoms with Crippen LogP contribution in [0.2, 0.25) is 0 Å². The predicted octanol–water partition coefficient (Wildman–Crippen LogP) is 6.89. The summed E-state index contributed by atoms with van der Waals surface area (Å²) in [6.45, 7) is 0. The van der Waals surface area contributed by atoms with Crippen molar-refractivity contribution in [1.29, 1.82) is 0 Å². The minimum Gasteiger partial charge on any atom is -0.457 e. The molecule has 5 heteroatoms. The van der Waals surface area contributed by atoms with Crippen LogP contribution in [-0.4, -0.2) is 6.26 Å². The largest absolute Gasteiger partial charge is 0.457 e. The Kier molecular flexibility index (Phi) is 5.04. The highest BCUT2D eigenvalue weighted by Crippen LogP contribution is 2.35. The van der Waals surface area contributed by atoms with Crippen molar-refractivity contribution in [2.45, 2.75) is 11.1 Å². The second-order valence-corrected chi connectivity index (χ2v) is 6.23. The summed E-state index contributed by atoms with van der Waals surface area (Å²) in [7, 11) is 0. The van der Waals surface area contributed by atoms with E-state index in [1.165, 1.54) is 12.1 Å². The first-order valence-electron chi connectivity index (χ1n) is 7.56. The molecule has 3 aromatic rings. The van der Waals surface area contributed by atoms with E-state index in [2.05, 4.69) is 0 Å². The Morgan fingerprint density at radius 3 is 2.04 bits per heavy atom. The number of rotatable bonds is 4. The summed E-state index contributed by atoms with van der Waals surface area (Å²) >= 11 is 1.66. The lowest BCUT2D eigenvalue weighted by Gasteiger charge is -2.13. The van der Waals surface area contributed by atoms with Gasteiger partial charge in [0, 0.05) is 10.5 Å². The number of halogens is 3. The summed E-state index contributed by atoms with van der Waals surface area (Å²) in [4.78, 5) is 1.16. The minimum atomic E-state index is -4.35. The molecule has 25 heavy (non-hydrogen) atoms. The van der Waals surface area contributed by atoms with Crippen molar-refractivity contribution < 1.29 is 17.9 Å². The average Bonchev–Trinajstić information content (AvgIpc) is 2.62. The standard InChI is InChI=1S/C20H15F3OS/c1-25-17-12-6-14(7-13-17)18-4-2-3-5-19(18)24-16-10-8-15(9-11-16)20(21,22)23/h2-13H,1H3. The molecule has 0 aliphatic carbocycles. The predicted molar refractivity (Wildman–Crippen MR) is 95.2 cm³/mol. The van der Waals surface area contributed by atoms with E-state index in [1.807, 2.05) is 48.7 Å². The van der Waals surface area contributed by atoms with Crippen molar-refractivity contribution in [3.8, 4) is 22.6 Å². The van der Waals surface area contributed by atoms with Crippen LogP contribution in [0.5, 0.6) is 11.5 Å². The SMILES string of the molecule is CSc1ccc(-c2ccccc2Oc2ccc(C(F)(F)F)cc2)cc1. The molecule has 3 aromatic carbocycles. The van der Waals surface area contributed by atoms with Gasteiger partial charge in [-0.25, -0.2) is 0 Å². The zero-order valence-electron chi connectivity index (χ0n) is 13.4. The van der Waals surface area contributed by atoms with Crippen LogP contribution in [-0.2, 0) is 6.18 Å². The Morgan fingerprint density at radius 1 is 0.800 bits per heavy atom. The Morgan fingerprint density at radius 2 is 1.44 bits per heavy atom. The number of thioether (sulfide) groups is 1. The van der Waals surface area contributed by atoms with E-state index in [4.69, 9.17) is 4.74 Å². The fraction of sp³-hybridized carbons (Fsp3) is 0.100.